The lowest BCUT2D eigenvalue weighted by Gasteiger charge is -2.32. The van der Waals surface area contributed by atoms with Gasteiger partial charge in [0.05, 0.1) is 11.2 Å². The second kappa shape index (κ2) is 5.71. The smallest absolute Gasteiger partial charge is 0.486 e. The molecule has 5 nitrogen and oxygen atoms in total. The largest absolute Gasteiger partial charge is 0.494 e. The van der Waals surface area contributed by atoms with Crippen LogP contribution < -0.4 is 10.2 Å². The van der Waals surface area contributed by atoms with Crippen LogP contribution in [0.5, 0.6) is 5.75 Å². The Balaban J connectivity index is 1.65. The van der Waals surface area contributed by atoms with Gasteiger partial charge in [-0.1, -0.05) is 12.1 Å². The fourth-order valence-electron chi connectivity index (χ4n) is 2.52. The van der Waals surface area contributed by atoms with Crippen LogP contribution in [0.25, 0.3) is 0 Å². The average Bonchev–Trinajstić information content (AvgIpc) is 2.93. The Kier molecular flexibility index (Phi) is 4.08. The molecular formula is C18H25BO5. The van der Waals surface area contributed by atoms with Crippen molar-refractivity contribution >= 4 is 12.6 Å². The molecular weight excluding hydrogens is 307 g/mol. The highest BCUT2D eigenvalue weighted by molar-refractivity contribution is 6.62. The van der Waals surface area contributed by atoms with E-state index in [0.717, 1.165) is 11.2 Å². The molecule has 130 valence electrons. The molecule has 1 aromatic rings. The van der Waals surface area contributed by atoms with E-state index in [4.69, 9.17) is 23.5 Å². The third kappa shape index (κ3) is 3.40. The summed E-state index contributed by atoms with van der Waals surface area (Å²) in [6.07, 6.45) is 1.60. The molecule has 6 heteroatoms. The van der Waals surface area contributed by atoms with E-state index >= 15 is 0 Å². The maximum atomic E-state index is 6.08. The van der Waals surface area contributed by atoms with Crippen LogP contribution in [0.15, 0.2) is 36.3 Å². The molecule has 0 atom stereocenters. The summed E-state index contributed by atoms with van der Waals surface area (Å²) in [7, 11) is -0.400. The maximum absolute atomic E-state index is 6.08. The molecule has 0 spiro atoms. The predicted octanol–water partition coefficient (Wildman–Crippen LogP) is 2.99. The quantitative estimate of drug-likeness (QED) is 0.793. The predicted molar refractivity (Wildman–Crippen MR) is 92.0 cm³/mol. The maximum Gasteiger partial charge on any atom is 0.494 e. The van der Waals surface area contributed by atoms with Crippen LogP contribution >= 0.6 is 0 Å². The molecule has 0 radical (unpaired) electrons. The SMILES string of the molecule is CC1(C)OC=C(COc2cccc(B3OC(C)(C)C(C)(C)O3)c2)O1. The van der Waals surface area contributed by atoms with E-state index in [0.29, 0.717) is 12.4 Å². The van der Waals surface area contributed by atoms with Crippen LogP contribution in [0.4, 0.5) is 0 Å². The summed E-state index contributed by atoms with van der Waals surface area (Å²) in [5.41, 5.74) is 0.212. The minimum atomic E-state index is -0.622. The Morgan fingerprint density at radius 3 is 2.25 bits per heavy atom. The second-order valence-corrected chi connectivity index (χ2v) is 7.65. The minimum absolute atomic E-state index is 0.316. The Bertz CT molecular complexity index is 635. The average molecular weight is 332 g/mol. The highest BCUT2D eigenvalue weighted by Gasteiger charge is 2.51. The van der Waals surface area contributed by atoms with Crippen LogP contribution in [0.2, 0.25) is 0 Å². The van der Waals surface area contributed by atoms with Gasteiger partial charge in [-0.3, -0.25) is 0 Å². The molecule has 3 rings (SSSR count). The Morgan fingerprint density at radius 2 is 1.67 bits per heavy atom. The monoisotopic (exact) mass is 332 g/mol. The molecule has 1 aromatic carbocycles. The van der Waals surface area contributed by atoms with E-state index in [1.54, 1.807) is 6.26 Å². The van der Waals surface area contributed by atoms with Crippen LogP contribution in [0, 0.1) is 0 Å². The van der Waals surface area contributed by atoms with Crippen molar-refractivity contribution in [3.63, 3.8) is 0 Å². The zero-order valence-electron chi connectivity index (χ0n) is 15.2. The highest BCUT2D eigenvalue weighted by atomic mass is 16.7. The van der Waals surface area contributed by atoms with Gasteiger partial charge in [0.15, 0.2) is 5.76 Å². The standard InChI is InChI=1S/C18H25BO5/c1-16(2)17(3,4)24-19(23-16)13-8-7-9-14(10-13)20-11-15-12-21-18(5,6)22-15/h7-10,12H,11H2,1-6H3. The first-order valence-corrected chi connectivity index (χ1v) is 8.22. The second-order valence-electron chi connectivity index (χ2n) is 7.65. The van der Waals surface area contributed by atoms with E-state index in [9.17, 15) is 0 Å². The first-order chi connectivity index (χ1) is 11.1. The lowest BCUT2D eigenvalue weighted by Crippen LogP contribution is -2.41. The van der Waals surface area contributed by atoms with E-state index in [-0.39, 0.29) is 11.2 Å². The fourth-order valence-corrected chi connectivity index (χ4v) is 2.52. The normalized spacial score (nSPS) is 23.4. The molecule has 2 aliphatic rings. The van der Waals surface area contributed by atoms with E-state index in [1.807, 2.05) is 65.8 Å². The lowest BCUT2D eigenvalue weighted by atomic mass is 9.79. The molecule has 0 aromatic heterocycles. The van der Waals surface area contributed by atoms with Crippen molar-refractivity contribution in [3.8, 4) is 5.75 Å². The van der Waals surface area contributed by atoms with Crippen molar-refractivity contribution in [3.05, 3.63) is 36.3 Å². The van der Waals surface area contributed by atoms with Crippen molar-refractivity contribution in [2.24, 2.45) is 0 Å². The van der Waals surface area contributed by atoms with Crippen LogP contribution in [0.1, 0.15) is 41.5 Å². The van der Waals surface area contributed by atoms with Gasteiger partial charge in [-0.15, -0.1) is 0 Å². The number of ether oxygens (including phenoxy) is 3. The first kappa shape index (κ1) is 17.2. The highest BCUT2D eigenvalue weighted by Crippen LogP contribution is 2.36. The molecule has 0 unspecified atom stereocenters. The van der Waals surface area contributed by atoms with Gasteiger partial charge in [-0.25, -0.2) is 0 Å². The van der Waals surface area contributed by atoms with Gasteiger partial charge in [0, 0.05) is 13.8 Å². The Hall–Kier alpha value is -1.66. The van der Waals surface area contributed by atoms with Crippen molar-refractivity contribution in [1.82, 2.24) is 0 Å². The number of hydrogen-bond acceptors (Lipinski definition) is 5. The molecule has 0 saturated carbocycles. The van der Waals surface area contributed by atoms with Gasteiger partial charge in [0.1, 0.15) is 18.6 Å². The molecule has 0 amide bonds. The van der Waals surface area contributed by atoms with Gasteiger partial charge in [0.2, 0.25) is 5.79 Å². The number of rotatable bonds is 4. The van der Waals surface area contributed by atoms with Crippen molar-refractivity contribution in [2.45, 2.75) is 58.5 Å². The summed E-state index contributed by atoms with van der Waals surface area (Å²) in [6.45, 7) is 12.2. The summed E-state index contributed by atoms with van der Waals surface area (Å²) in [5.74, 6) is 0.779. The van der Waals surface area contributed by atoms with E-state index in [2.05, 4.69) is 0 Å². The molecule has 1 saturated heterocycles. The molecule has 0 N–H and O–H groups in total. The summed E-state index contributed by atoms with van der Waals surface area (Å²) in [5, 5.41) is 0. The third-order valence-corrected chi connectivity index (χ3v) is 4.62. The number of hydrogen-bond donors (Lipinski definition) is 0. The van der Waals surface area contributed by atoms with Gasteiger partial charge < -0.3 is 23.5 Å². The third-order valence-electron chi connectivity index (χ3n) is 4.62. The van der Waals surface area contributed by atoms with Crippen LogP contribution in [-0.4, -0.2) is 30.7 Å². The van der Waals surface area contributed by atoms with Crippen molar-refractivity contribution < 1.29 is 23.5 Å². The van der Waals surface area contributed by atoms with E-state index < -0.39 is 12.9 Å². The molecule has 24 heavy (non-hydrogen) atoms. The van der Waals surface area contributed by atoms with Gasteiger partial charge in [0.25, 0.3) is 0 Å². The molecule has 0 aliphatic carbocycles. The van der Waals surface area contributed by atoms with Crippen molar-refractivity contribution in [1.29, 1.82) is 0 Å². The summed E-state index contributed by atoms with van der Waals surface area (Å²) in [4.78, 5) is 0. The Morgan fingerprint density at radius 1 is 1.00 bits per heavy atom. The number of benzene rings is 1. The summed E-state index contributed by atoms with van der Waals surface area (Å²) >= 11 is 0. The molecule has 1 fully saturated rings. The lowest BCUT2D eigenvalue weighted by molar-refractivity contribution is -0.119. The topological polar surface area (TPSA) is 46.2 Å². The van der Waals surface area contributed by atoms with Crippen LogP contribution in [-0.2, 0) is 18.8 Å². The van der Waals surface area contributed by atoms with Gasteiger partial charge in [-0.05, 0) is 45.3 Å². The fraction of sp³-hybridized carbons (Fsp3) is 0.556. The molecule has 2 aliphatic heterocycles. The zero-order valence-corrected chi connectivity index (χ0v) is 15.2. The van der Waals surface area contributed by atoms with Gasteiger partial charge in [-0.2, -0.15) is 0 Å². The summed E-state index contributed by atoms with van der Waals surface area (Å²) in [6, 6.07) is 7.74. The van der Waals surface area contributed by atoms with Crippen molar-refractivity contribution in [2.75, 3.05) is 6.61 Å². The van der Waals surface area contributed by atoms with Gasteiger partial charge >= 0.3 is 7.12 Å². The first-order valence-electron chi connectivity index (χ1n) is 8.22. The zero-order chi connectivity index (χ0) is 17.6. The Labute approximate surface area is 144 Å². The molecule has 2 heterocycles. The minimum Gasteiger partial charge on any atom is -0.486 e. The summed E-state index contributed by atoms with van der Waals surface area (Å²) < 4.78 is 29.0. The van der Waals surface area contributed by atoms with Crippen LogP contribution in [0.3, 0.4) is 0 Å². The molecule has 0 bridgehead atoms. The van der Waals surface area contributed by atoms with E-state index in [1.165, 1.54) is 0 Å².